The quantitative estimate of drug-likeness (QED) is 0.271. The fraction of sp³-hybridized carbons (Fsp3) is 0.292. The molecule has 2 aromatic heterocycles. The van der Waals surface area contributed by atoms with E-state index in [0.29, 0.717) is 22.9 Å². The van der Waals surface area contributed by atoms with Gasteiger partial charge in [0.15, 0.2) is 6.61 Å². The summed E-state index contributed by atoms with van der Waals surface area (Å²) < 4.78 is 12.7. The molecule has 0 spiro atoms. The Hall–Kier alpha value is -3.10. The zero-order valence-corrected chi connectivity index (χ0v) is 20.8. The van der Waals surface area contributed by atoms with Gasteiger partial charge in [-0.1, -0.05) is 23.7 Å². The van der Waals surface area contributed by atoms with Crippen LogP contribution in [0.15, 0.2) is 35.4 Å². The molecule has 0 fully saturated rings. The standard InChI is InChI=1S/C24H26ClN3O4S/c1-6-31-24(30)22-15(3)17(5)33-23(22)28-14(2)11-18(16(28)4)12-26-27-21(29)13-32-20-10-8-7-9-19(20)25/h7-12H,6,13H2,1-5H3,(H,27,29)/b26-12-. The molecule has 0 bridgehead atoms. The third-order valence-electron chi connectivity index (χ3n) is 5.11. The number of nitrogens with one attached hydrogen (secondary N) is 1. The van der Waals surface area contributed by atoms with Crippen LogP contribution < -0.4 is 10.2 Å². The van der Waals surface area contributed by atoms with Crippen LogP contribution in [0, 0.1) is 27.7 Å². The minimum atomic E-state index is -0.408. The number of esters is 1. The number of hydrogen-bond donors (Lipinski definition) is 1. The Morgan fingerprint density at radius 1 is 1.21 bits per heavy atom. The largest absolute Gasteiger partial charge is 0.482 e. The fourth-order valence-electron chi connectivity index (χ4n) is 3.35. The first-order valence-electron chi connectivity index (χ1n) is 10.4. The summed E-state index contributed by atoms with van der Waals surface area (Å²) in [6, 6.07) is 8.88. The molecule has 7 nitrogen and oxygen atoms in total. The van der Waals surface area contributed by atoms with Crippen LogP contribution in [0.2, 0.25) is 5.02 Å². The van der Waals surface area contributed by atoms with Gasteiger partial charge in [-0.2, -0.15) is 5.10 Å². The molecule has 174 valence electrons. The molecule has 0 unspecified atom stereocenters. The lowest BCUT2D eigenvalue weighted by atomic mass is 10.1. The molecule has 2 heterocycles. The molecule has 1 aromatic carbocycles. The Labute approximate surface area is 202 Å². The Bertz CT molecular complexity index is 1210. The van der Waals surface area contributed by atoms with Crippen LogP contribution in [0.4, 0.5) is 0 Å². The normalized spacial score (nSPS) is 11.1. The number of thiophene rings is 1. The summed E-state index contributed by atoms with van der Waals surface area (Å²) >= 11 is 7.56. The topological polar surface area (TPSA) is 81.9 Å². The van der Waals surface area contributed by atoms with E-state index in [9.17, 15) is 9.59 Å². The molecule has 9 heteroatoms. The second kappa shape index (κ2) is 10.7. The number of aryl methyl sites for hydroxylation is 2. The van der Waals surface area contributed by atoms with Crippen molar-refractivity contribution in [2.24, 2.45) is 5.10 Å². The van der Waals surface area contributed by atoms with E-state index in [1.54, 1.807) is 48.7 Å². The molecule has 33 heavy (non-hydrogen) atoms. The molecule has 3 rings (SSSR count). The first-order valence-corrected chi connectivity index (χ1v) is 11.6. The molecule has 1 amide bonds. The lowest BCUT2D eigenvalue weighted by Crippen LogP contribution is -2.24. The molecular weight excluding hydrogens is 462 g/mol. The lowest BCUT2D eigenvalue weighted by molar-refractivity contribution is -0.123. The van der Waals surface area contributed by atoms with Crippen molar-refractivity contribution < 1.29 is 19.1 Å². The van der Waals surface area contributed by atoms with E-state index in [-0.39, 0.29) is 12.6 Å². The van der Waals surface area contributed by atoms with Gasteiger partial charge >= 0.3 is 5.97 Å². The van der Waals surface area contributed by atoms with Gasteiger partial charge in [0.2, 0.25) is 0 Å². The number of halogens is 1. The first kappa shape index (κ1) is 24.5. The first-order chi connectivity index (χ1) is 15.7. The molecular formula is C24H26ClN3O4S. The van der Waals surface area contributed by atoms with Gasteiger partial charge < -0.3 is 14.0 Å². The summed E-state index contributed by atoms with van der Waals surface area (Å²) in [6.07, 6.45) is 1.57. The fourth-order valence-corrected chi connectivity index (χ4v) is 4.80. The van der Waals surface area contributed by atoms with Crippen molar-refractivity contribution in [3.63, 3.8) is 0 Å². The Morgan fingerprint density at radius 2 is 1.94 bits per heavy atom. The molecule has 1 N–H and O–H groups in total. The highest BCUT2D eigenvalue weighted by Crippen LogP contribution is 2.34. The monoisotopic (exact) mass is 487 g/mol. The van der Waals surface area contributed by atoms with E-state index in [4.69, 9.17) is 21.1 Å². The number of carbonyl (C=O) groups is 2. The molecule has 0 aliphatic rings. The number of benzene rings is 1. The van der Waals surface area contributed by atoms with Crippen LogP contribution in [0.5, 0.6) is 5.75 Å². The van der Waals surface area contributed by atoms with Gasteiger partial charge in [-0.25, -0.2) is 10.2 Å². The number of nitrogens with zero attached hydrogens (tertiary/aromatic N) is 2. The SMILES string of the molecule is CCOC(=O)c1c(-n2c(C)cc(/C=N\NC(=O)COc3ccccc3Cl)c2C)sc(C)c1C. The number of para-hydroxylation sites is 1. The van der Waals surface area contributed by atoms with Crippen LogP contribution in [0.1, 0.15) is 44.7 Å². The number of amides is 1. The second-order valence-electron chi connectivity index (χ2n) is 7.36. The van der Waals surface area contributed by atoms with Gasteiger partial charge in [0, 0.05) is 21.8 Å². The van der Waals surface area contributed by atoms with Crippen LogP contribution in [-0.2, 0) is 9.53 Å². The van der Waals surface area contributed by atoms with Crippen molar-refractivity contribution >= 4 is 41.0 Å². The zero-order valence-electron chi connectivity index (χ0n) is 19.2. The average Bonchev–Trinajstić information content (AvgIpc) is 3.21. The van der Waals surface area contributed by atoms with Gasteiger partial charge in [-0.05, 0) is 58.4 Å². The molecule has 0 aliphatic carbocycles. The molecule has 0 saturated heterocycles. The number of rotatable bonds is 8. The maximum absolute atomic E-state index is 12.6. The Morgan fingerprint density at radius 3 is 2.64 bits per heavy atom. The van der Waals surface area contributed by atoms with E-state index in [0.717, 1.165) is 32.4 Å². The summed E-state index contributed by atoms with van der Waals surface area (Å²) in [7, 11) is 0. The molecule has 0 radical (unpaired) electrons. The predicted octanol–water partition coefficient (Wildman–Crippen LogP) is 5.13. The molecule has 0 saturated carbocycles. The maximum atomic E-state index is 12.6. The molecule has 0 atom stereocenters. The Balaban J connectivity index is 1.76. The third kappa shape index (κ3) is 5.46. The van der Waals surface area contributed by atoms with Crippen molar-refractivity contribution in [3.05, 3.63) is 68.3 Å². The zero-order chi connectivity index (χ0) is 24.1. The van der Waals surface area contributed by atoms with Crippen LogP contribution >= 0.6 is 22.9 Å². The number of hydrazone groups is 1. The number of ether oxygens (including phenoxy) is 2. The summed E-state index contributed by atoms with van der Waals surface area (Å²) in [5, 5.41) is 5.30. The summed E-state index contributed by atoms with van der Waals surface area (Å²) in [4.78, 5) is 25.7. The van der Waals surface area contributed by atoms with E-state index in [2.05, 4.69) is 10.5 Å². The van der Waals surface area contributed by atoms with Gasteiger partial charge in [-0.15, -0.1) is 11.3 Å². The number of hydrogen-bond acceptors (Lipinski definition) is 6. The van der Waals surface area contributed by atoms with Crippen LogP contribution in [-0.4, -0.2) is 35.9 Å². The minimum absolute atomic E-state index is 0.212. The highest BCUT2D eigenvalue weighted by molar-refractivity contribution is 7.15. The number of carbonyl (C=O) groups excluding carboxylic acids is 2. The van der Waals surface area contributed by atoms with Gasteiger partial charge in [0.05, 0.1) is 23.4 Å². The van der Waals surface area contributed by atoms with Gasteiger partial charge in [-0.3, -0.25) is 4.79 Å². The van der Waals surface area contributed by atoms with Crippen LogP contribution in [0.25, 0.3) is 5.00 Å². The summed E-state index contributed by atoms with van der Waals surface area (Å²) in [6.45, 7) is 9.71. The van der Waals surface area contributed by atoms with E-state index in [1.807, 2.05) is 38.3 Å². The van der Waals surface area contributed by atoms with Crippen molar-refractivity contribution in [2.75, 3.05) is 13.2 Å². The minimum Gasteiger partial charge on any atom is -0.482 e. The van der Waals surface area contributed by atoms with E-state index in [1.165, 1.54) is 0 Å². The maximum Gasteiger partial charge on any atom is 0.341 e. The molecule has 3 aromatic rings. The van der Waals surface area contributed by atoms with E-state index < -0.39 is 5.91 Å². The number of aromatic nitrogens is 1. The third-order valence-corrected chi connectivity index (χ3v) is 6.61. The summed E-state index contributed by atoms with van der Waals surface area (Å²) in [5.41, 5.74) is 6.60. The predicted molar refractivity (Wildman–Crippen MR) is 131 cm³/mol. The van der Waals surface area contributed by atoms with E-state index >= 15 is 0 Å². The summed E-state index contributed by atoms with van der Waals surface area (Å²) in [5.74, 6) is -0.308. The second-order valence-corrected chi connectivity index (χ2v) is 8.97. The lowest BCUT2D eigenvalue weighted by Gasteiger charge is -2.10. The van der Waals surface area contributed by atoms with Gasteiger partial charge in [0.1, 0.15) is 10.8 Å². The molecule has 0 aliphatic heterocycles. The Kier molecular flexibility index (Phi) is 7.94. The van der Waals surface area contributed by atoms with Gasteiger partial charge in [0.25, 0.3) is 5.91 Å². The average molecular weight is 488 g/mol. The van der Waals surface area contributed by atoms with Crippen molar-refractivity contribution in [1.29, 1.82) is 0 Å². The highest BCUT2D eigenvalue weighted by atomic mass is 35.5. The van der Waals surface area contributed by atoms with Crippen LogP contribution in [0.3, 0.4) is 0 Å². The smallest absolute Gasteiger partial charge is 0.341 e. The van der Waals surface area contributed by atoms with Crippen molar-refractivity contribution in [1.82, 2.24) is 9.99 Å². The van der Waals surface area contributed by atoms with Crippen molar-refractivity contribution in [2.45, 2.75) is 34.6 Å². The van der Waals surface area contributed by atoms with Crippen molar-refractivity contribution in [3.8, 4) is 10.8 Å². The highest BCUT2D eigenvalue weighted by Gasteiger charge is 2.24.